The Labute approximate surface area is 883 Å². The van der Waals surface area contributed by atoms with E-state index in [-0.39, 0.29) is 84.7 Å². The largest absolute Gasteiger partial charge is 0.496 e. The zero-order valence-electron chi connectivity index (χ0n) is 102. The molecule has 144 heavy (non-hydrogen) atoms. The Morgan fingerprint density at radius 3 is 0.722 bits per heavy atom. The summed E-state index contributed by atoms with van der Waals surface area (Å²) in [5.41, 5.74) is 10.7. The Kier molecular flexibility index (Phi) is 40.7. The molecule has 6 aliphatic heterocycles. The highest BCUT2D eigenvalue weighted by Gasteiger charge is 2.42. The van der Waals surface area contributed by atoms with Crippen molar-refractivity contribution in [1.82, 2.24) is 29.4 Å². The molecule has 804 valence electrons. The molecule has 6 N–H and O–H groups in total. The minimum absolute atomic E-state index is 0.0179. The van der Waals surface area contributed by atoms with Crippen molar-refractivity contribution in [3.05, 3.63) is 176 Å². The van der Waals surface area contributed by atoms with Crippen molar-refractivity contribution in [1.29, 1.82) is 0 Å². The van der Waals surface area contributed by atoms with Crippen molar-refractivity contribution in [3.8, 4) is 34.5 Å². The van der Waals surface area contributed by atoms with Crippen molar-refractivity contribution in [2.75, 3.05) is 161 Å². The second kappa shape index (κ2) is 60.4. The molecule has 12 aliphatic rings. The van der Waals surface area contributed by atoms with Crippen LogP contribution in [0.15, 0.2) is 109 Å². The molecule has 0 aromatic heterocycles. The third-order valence-electron chi connectivity index (χ3n) is 32.3. The molecular formula is C120H186N6O18. The molecule has 12 fully saturated rings. The van der Waals surface area contributed by atoms with Gasteiger partial charge in [-0.25, -0.2) is 0 Å². The Balaban J connectivity index is 0.000000156. The van der Waals surface area contributed by atoms with Crippen LogP contribution in [0.3, 0.4) is 0 Å². The summed E-state index contributed by atoms with van der Waals surface area (Å²) in [5.74, 6) is 3.64. The molecule has 18 rings (SSSR count). The average Bonchev–Trinajstić information content (AvgIpc) is 0.839. The van der Waals surface area contributed by atoms with Gasteiger partial charge in [-0.2, -0.15) is 0 Å². The van der Waals surface area contributed by atoms with Crippen LogP contribution in [0, 0.1) is 41.5 Å². The Bertz CT molecular complexity index is 5110. The lowest BCUT2D eigenvalue weighted by atomic mass is 9.91. The Morgan fingerprint density at radius 2 is 0.486 bits per heavy atom. The van der Waals surface area contributed by atoms with Gasteiger partial charge in [0.25, 0.3) is 0 Å². The van der Waals surface area contributed by atoms with Gasteiger partial charge in [0.2, 0.25) is 0 Å². The van der Waals surface area contributed by atoms with Crippen molar-refractivity contribution < 1.29 is 105 Å². The highest BCUT2D eigenvalue weighted by molar-refractivity contribution is 5.41. The minimum atomic E-state index is -2.49. The standard InChI is InChI=1S/6C20H31NO3/c6*1-15-7-8-16(13-20(15)23-2)10-12-24-19-6-4-3-5-18(19)21-11-9-17(22)14-21/h6*7-8,13,17-19,22H,3-6,9-12,14H2,1-2H3/t2*17?,18-,19-;4*17-,18-,19-/m111111/s1/i2D3;;7D,8D,13D;10D2,12D2;2D3;. The Morgan fingerprint density at radius 1 is 0.264 bits per heavy atom. The average molecular weight is 2010 g/mol. The van der Waals surface area contributed by atoms with Crippen molar-refractivity contribution in [2.24, 2.45) is 0 Å². The van der Waals surface area contributed by atoms with E-state index in [2.05, 4.69) is 79.6 Å². The SMILES string of the molecule is COc1cc(CCO[C@@H]2CCCC[C@H]2N2CCC(O)C2)ccc1C.COc1cc(CCO[C@@H]2CCCC[C@H]2N2CC[C@@H](O)C2)ccc1C.[2H]C([2H])(O[C@@H]1CCCC[C@H]1N1CC[C@@H](O)C1)C([2H])([2H])c1ccc(C)c(OC)c1.[2H]C([2H])([2H])Oc1cc(CCO[C@@H]2CCCC[C@H]2N2CCC(O)C2)ccc1C.[2H]C([2H])([2H])Oc1cc(CCO[C@@H]2CCCC[C@H]2N2CC[C@@H](O)C2)ccc1C.[2H]c1c([2H])c(CCO[C@@H]2CCCC[C@H]2N2CC[C@@H](O)C2)c([2H])c(OC)c1C. The van der Waals surface area contributed by atoms with Crippen LogP contribution < -0.4 is 28.4 Å². The van der Waals surface area contributed by atoms with Gasteiger partial charge in [0, 0.05) is 118 Å². The third-order valence-corrected chi connectivity index (χ3v) is 32.3. The van der Waals surface area contributed by atoms with Crippen molar-refractivity contribution in [3.63, 3.8) is 0 Å². The molecule has 6 aromatic carbocycles. The maximum absolute atomic E-state index is 9.87. The number of hydrogen-bond acceptors (Lipinski definition) is 24. The van der Waals surface area contributed by atoms with E-state index in [1.54, 1.807) is 51.5 Å². The van der Waals surface area contributed by atoms with Gasteiger partial charge in [-0.3, -0.25) is 29.4 Å². The van der Waals surface area contributed by atoms with Gasteiger partial charge in [0.15, 0.2) is 0 Å². The van der Waals surface area contributed by atoms with Crippen molar-refractivity contribution >= 4 is 0 Å². The van der Waals surface area contributed by atoms with Gasteiger partial charge >= 0.3 is 0 Å². The molecule has 6 heterocycles. The maximum Gasteiger partial charge on any atom is 0.122 e. The molecule has 0 radical (unpaired) electrons. The number of methoxy groups -OCH3 is 6. The molecule has 18 atom stereocenters. The highest BCUT2D eigenvalue weighted by Crippen LogP contribution is 2.38. The zero-order valence-corrected chi connectivity index (χ0v) is 88.6. The molecule has 6 saturated heterocycles. The first kappa shape index (κ1) is 96.9. The van der Waals surface area contributed by atoms with Crippen LogP contribution in [0.2, 0.25) is 0 Å². The lowest BCUT2D eigenvalue weighted by Crippen LogP contribution is -2.46. The van der Waals surface area contributed by atoms with Crippen LogP contribution in [0.1, 0.15) is 277 Å². The number of likely N-dealkylation sites (tertiary alicyclic amines) is 6. The first-order valence-corrected chi connectivity index (χ1v) is 55.0. The summed E-state index contributed by atoms with van der Waals surface area (Å²) in [6, 6.07) is 31.6. The molecule has 24 heteroatoms. The fourth-order valence-electron chi connectivity index (χ4n) is 23.9. The van der Waals surface area contributed by atoms with Crippen LogP contribution >= 0.6 is 0 Å². The van der Waals surface area contributed by atoms with Gasteiger partial charge in [0.05, 0.1) is 170 Å². The van der Waals surface area contributed by atoms with Crippen LogP contribution in [0.4, 0.5) is 0 Å². The predicted octanol–water partition coefficient (Wildman–Crippen LogP) is 17.6. The third kappa shape index (κ3) is 35.3. The molecular weight excluding hydrogens is 1810 g/mol. The lowest BCUT2D eigenvalue weighted by Gasteiger charge is -2.37. The fraction of sp³-hybridized carbons (Fsp3) is 0.700. The van der Waals surface area contributed by atoms with E-state index < -0.39 is 33.1 Å². The summed E-state index contributed by atoms with van der Waals surface area (Å²) < 4.78 is 171. The number of β-amino-alcohol motifs (C(OH)–C–C–N with tert-alkyl or cyclic N) is 6. The number of aliphatic hydroxyl groups is 6. The number of aryl methyl sites for hydroxylation is 6. The topological polar surface area (TPSA) is 252 Å². The lowest BCUT2D eigenvalue weighted by molar-refractivity contribution is -0.0317. The highest BCUT2D eigenvalue weighted by atomic mass is 16.5. The molecule has 0 spiro atoms. The first-order valence-electron chi connectivity index (χ1n) is 61.5. The summed E-state index contributed by atoms with van der Waals surface area (Å²) in [7, 11) is 1.59. The number of benzene rings is 6. The van der Waals surface area contributed by atoms with Crippen molar-refractivity contribution in [2.45, 2.75) is 382 Å². The van der Waals surface area contributed by atoms with Gasteiger partial charge in [-0.15, -0.1) is 0 Å². The summed E-state index contributed by atoms with van der Waals surface area (Å²) in [5, 5.41) is 59.0. The summed E-state index contributed by atoms with van der Waals surface area (Å²) in [4.78, 5) is 14.2. The predicted molar refractivity (Wildman–Crippen MR) is 574 cm³/mol. The first-order chi connectivity index (χ1) is 75.1. The van der Waals surface area contributed by atoms with Gasteiger partial charge in [0.1, 0.15) is 34.5 Å². The molecule has 0 bridgehead atoms. The molecule has 6 aromatic rings. The van der Waals surface area contributed by atoms with Gasteiger partial charge in [-0.05, 0) is 299 Å². The quantitative estimate of drug-likeness (QED) is 0.0214. The van der Waals surface area contributed by atoms with Crippen LogP contribution in [0.25, 0.3) is 0 Å². The molecule has 2 unspecified atom stereocenters. The van der Waals surface area contributed by atoms with E-state index in [4.69, 9.17) is 74.7 Å². The van der Waals surface area contributed by atoms with Gasteiger partial charge in [-0.1, -0.05) is 150 Å². The molecule has 6 saturated carbocycles. The summed E-state index contributed by atoms with van der Waals surface area (Å²) in [6.45, 7) is 22.2. The number of rotatable bonds is 36. The zero-order chi connectivity index (χ0) is 113. The smallest absolute Gasteiger partial charge is 0.122 e. The van der Waals surface area contributed by atoms with Crippen LogP contribution in [0.5, 0.6) is 34.5 Å². The fourth-order valence-corrected chi connectivity index (χ4v) is 23.9. The number of hydrogen-bond donors (Lipinski definition) is 6. The molecule has 0 amide bonds. The number of ether oxygens (including phenoxy) is 12. The summed E-state index contributed by atoms with van der Waals surface area (Å²) >= 11 is 0. The van der Waals surface area contributed by atoms with E-state index in [1.807, 2.05) is 45.0 Å². The minimum Gasteiger partial charge on any atom is -0.496 e. The van der Waals surface area contributed by atoms with E-state index in [1.165, 1.54) is 107 Å². The molecule has 24 nitrogen and oxygen atoms in total. The van der Waals surface area contributed by atoms with E-state index in [0.29, 0.717) is 116 Å². The van der Waals surface area contributed by atoms with E-state index in [0.717, 1.165) is 266 Å². The monoisotopic (exact) mass is 2010 g/mol. The Hall–Kier alpha value is -6.60. The van der Waals surface area contributed by atoms with E-state index in [9.17, 15) is 30.6 Å². The second-order valence-corrected chi connectivity index (χ2v) is 42.6. The maximum atomic E-state index is 9.87. The van der Waals surface area contributed by atoms with Crippen LogP contribution in [-0.2, 0) is 66.9 Å². The second-order valence-electron chi connectivity index (χ2n) is 42.6. The molecule has 6 aliphatic carbocycles. The van der Waals surface area contributed by atoms with Gasteiger partial charge < -0.3 is 87.5 Å². The number of nitrogens with zero attached hydrogens (tertiary/aromatic N) is 6. The number of aliphatic hydroxyl groups excluding tert-OH is 6. The van der Waals surface area contributed by atoms with E-state index >= 15 is 0 Å². The van der Waals surface area contributed by atoms with Crippen LogP contribution in [-0.4, -0.2) is 330 Å². The summed E-state index contributed by atoms with van der Waals surface area (Å²) in [6.07, 6.45) is 33.1. The normalized spacial score (nSPS) is 29.9.